The Hall–Kier alpha value is -2.24. The number of hydrogen-bond acceptors (Lipinski definition) is 4. The number of hydroxylamine groups is 1. The Kier molecular flexibility index (Phi) is 5.63. The molecule has 1 unspecified atom stereocenters. The van der Waals surface area contributed by atoms with Gasteiger partial charge in [-0.3, -0.25) is 10.0 Å². The van der Waals surface area contributed by atoms with Crippen molar-refractivity contribution in [1.82, 2.24) is 5.48 Å². The minimum Gasteiger partial charge on any atom is -0.489 e. The Morgan fingerprint density at radius 3 is 2.32 bits per heavy atom. The fourth-order valence-corrected chi connectivity index (χ4v) is 1.84. The summed E-state index contributed by atoms with van der Waals surface area (Å²) in [6.45, 7) is 1.96. The molecule has 0 heterocycles. The van der Waals surface area contributed by atoms with Gasteiger partial charge in [-0.15, -0.1) is 0 Å². The lowest BCUT2D eigenvalue weighted by atomic mass is 10.2. The van der Waals surface area contributed by atoms with Crippen molar-refractivity contribution >= 4 is 17.5 Å². The number of carbonyl (C=O) groups excluding carboxylic acids is 1. The molecule has 1 atom stereocenters. The highest BCUT2D eigenvalue weighted by atomic mass is 35.5. The van der Waals surface area contributed by atoms with Gasteiger partial charge in [0.2, 0.25) is 0 Å². The minimum absolute atomic E-state index is 0.411. The Bertz CT molecular complexity index is 613. The monoisotopic (exact) mass is 321 g/mol. The van der Waals surface area contributed by atoms with Crippen LogP contribution in [0.5, 0.6) is 11.5 Å². The van der Waals surface area contributed by atoms with Gasteiger partial charge in [0.15, 0.2) is 6.10 Å². The Labute approximate surface area is 133 Å². The first-order valence-electron chi connectivity index (χ1n) is 6.66. The Balaban J connectivity index is 1.89. The molecule has 0 radical (unpaired) electrons. The molecule has 6 heteroatoms. The van der Waals surface area contributed by atoms with Gasteiger partial charge in [0.1, 0.15) is 18.1 Å². The lowest BCUT2D eigenvalue weighted by Crippen LogP contribution is -2.34. The zero-order valence-corrected chi connectivity index (χ0v) is 12.7. The molecule has 0 aliphatic carbocycles. The second-order valence-corrected chi connectivity index (χ2v) is 5.06. The van der Waals surface area contributed by atoms with Crippen LogP contribution in [-0.4, -0.2) is 17.2 Å². The molecular weight excluding hydrogens is 306 g/mol. The normalized spacial score (nSPS) is 11.6. The number of ether oxygens (including phenoxy) is 2. The highest BCUT2D eigenvalue weighted by Gasteiger charge is 2.13. The van der Waals surface area contributed by atoms with Crippen LogP contribution in [0.2, 0.25) is 5.02 Å². The predicted molar refractivity (Wildman–Crippen MR) is 82.2 cm³/mol. The van der Waals surface area contributed by atoms with Crippen molar-refractivity contribution in [2.45, 2.75) is 19.6 Å². The Morgan fingerprint density at radius 1 is 1.14 bits per heavy atom. The van der Waals surface area contributed by atoms with Crippen LogP contribution in [0.15, 0.2) is 48.5 Å². The first-order chi connectivity index (χ1) is 10.6. The third-order valence-corrected chi connectivity index (χ3v) is 3.19. The van der Waals surface area contributed by atoms with E-state index < -0.39 is 12.0 Å². The van der Waals surface area contributed by atoms with E-state index >= 15 is 0 Å². The summed E-state index contributed by atoms with van der Waals surface area (Å²) in [5, 5.41) is 9.18. The van der Waals surface area contributed by atoms with Gasteiger partial charge >= 0.3 is 0 Å². The number of carbonyl (C=O) groups is 1. The first-order valence-corrected chi connectivity index (χ1v) is 7.04. The summed E-state index contributed by atoms with van der Waals surface area (Å²) in [5.74, 6) is 0.666. The number of benzene rings is 2. The summed E-state index contributed by atoms with van der Waals surface area (Å²) in [6, 6.07) is 14.3. The average molecular weight is 322 g/mol. The molecule has 0 aliphatic heterocycles. The standard InChI is InChI=1S/C16H16ClNO4/c1-11(16(19)18-20)22-15-6-2-12(3-7-15)10-21-14-8-4-13(17)5-9-14/h2-9,11,20H,10H2,1H3,(H,18,19). The lowest BCUT2D eigenvalue weighted by Gasteiger charge is -2.13. The van der Waals surface area contributed by atoms with E-state index in [0.29, 0.717) is 17.4 Å². The zero-order chi connectivity index (χ0) is 15.9. The van der Waals surface area contributed by atoms with Gasteiger partial charge in [-0.2, -0.15) is 0 Å². The molecule has 0 aliphatic rings. The van der Waals surface area contributed by atoms with Crippen LogP contribution in [0.3, 0.4) is 0 Å². The summed E-state index contributed by atoms with van der Waals surface area (Å²) >= 11 is 5.81. The minimum atomic E-state index is -0.777. The third kappa shape index (κ3) is 4.65. The lowest BCUT2D eigenvalue weighted by molar-refractivity contribution is -0.135. The van der Waals surface area contributed by atoms with Gasteiger partial charge in [-0.25, -0.2) is 5.48 Å². The van der Waals surface area contributed by atoms with Crippen molar-refractivity contribution in [3.05, 3.63) is 59.1 Å². The van der Waals surface area contributed by atoms with Gasteiger partial charge in [-0.05, 0) is 48.9 Å². The SMILES string of the molecule is CC(Oc1ccc(COc2ccc(Cl)cc2)cc1)C(=O)NO. The van der Waals surface area contributed by atoms with Crippen LogP contribution in [-0.2, 0) is 11.4 Å². The van der Waals surface area contributed by atoms with E-state index in [1.165, 1.54) is 0 Å². The van der Waals surface area contributed by atoms with Crippen molar-refractivity contribution in [2.75, 3.05) is 0 Å². The summed E-state index contributed by atoms with van der Waals surface area (Å²) < 4.78 is 11.0. The number of hydrogen-bond donors (Lipinski definition) is 2. The van der Waals surface area contributed by atoms with Gasteiger partial charge in [-0.1, -0.05) is 23.7 Å². The maximum absolute atomic E-state index is 11.2. The Morgan fingerprint density at radius 2 is 1.73 bits per heavy atom. The van der Waals surface area contributed by atoms with E-state index in [1.54, 1.807) is 48.8 Å². The van der Waals surface area contributed by atoms with Gasteiger partial charge in [0, 0.05) is 5.02 Å². The van der Waals surface area contributed by atoms with Crippen LogP contribution in [0.25, 0.3) is 0 Å². The summed E-state index contributed by atoms with van der Waals surface area (Å²) in [5.41, 5.74) is 2.51. The molecule has 116 valence electrons. The van der Waals surface area contributed by atoms with E-state index in [4.69, 9.17) is 26.3 Å². The highest BCUT2D eigenvalue weighted by molar-refractivity contribution is 6.30. The summed E-state index contributed by atoms with van der Waals surface area (Å²) in [4.78, 5) is 11.2. The largest absolute Gasteiger partial charge is 0.489 e. The van der Waals surface area contributed by atoms with E-state index in [-0.39, 0.29) is 0 Å². The molecule has 2 aromatic carbocycles. The van der Waals surface area contributed by atoms with Crippen molar-refractivity contribution in [3.8, 4) is 11.5 Å². The molecule has 0 spiro atoms. The molecule has 0 bridgehead atoms. The quantitative estimate of drug-likeness (QED) is 0.633. The second-order valence-electron chi connectivity index (χ2n) is 4.62. The van der Waals surface area contributed by atoms with Crippen LogP contribution in [0.1, 0.15) is 12.5 Å². The molecular formula is C16H16ClNO4. The first kappa shape index (κ1) is 16.1. The van der Waals surface area contributed by atoms with Gasteiger partial charge in [0.25, 0.3) is 5.91 Å². The molecule has 2 aromatic rings. The topological polar surface area (TPSA) is 67.8 Å². The number of rotatable bonds is 6. The van der Waals surface area contributed by atoms with Crippen LogP contribution < -0.4 is 15.0 Å². The van der Waals surface area contributed by atoms with Crippen LogP contribution >= 0.6 is 11.6 Å². The van der Waals surface area contributed by atoms with Crippen molar-refractivity contribution in [2.24, 2.45) is 0 Å². The van der Waals surface area contributed by atoms with E-state index in [9.17, 15) is 4.79 Å². The molecule has 22 heavy (non-hydrogen) atoms. The highest BCUT2D eigenvalue weighted by Crippen LogP contribution is 2.18. The third-order valence-electron chi connectivity index (χ3n) is 2.93. The molecule has 0 saturated carbocycles. The van der Waals surface area contributed by atoms with Crippen LogP contribution in [0, 0.1) is 0 Å². The molecule has 0 saturated heterocycles. The molecule has 0 fully saturated rings. The fourth-order valence-electron chi connectivity index (χ4n) is 1.71. The molecule has 5 nitrogen and oxygen atoms in total. The molecule has 1 amide bonds. The number of nitrogens with one attached hydrogen (secondary N) is 1. The van der Waals surface area contributed by atoms with Crippen LogP contribution in [0.4, 0.5) is 0 Å². The predicted octanol–water partition coefficient (Wildman–Crippen LogP) is 3.19. The fraction of sp³-hybridized carbons (Fsp3) is 0.188. The van der Waals surface area contributed by atoms with E-state index in [1.807, 2.05) is 12.1 Å². The summed E-state index contributed by atoms with van der Waals surface area (Å²) in [6.07, 6.45) is -0.777. The van der Waals surface area contributed by atoms with Gasteiger partial charge in [0.05, 0.1) is 0 Å². The van der Waals surface area contributed by atoms with Crippen molar-refractivity contribution in [1.29, 1.82) is 0 Å². The second kappa shape index (κ2) is 7.68. The maximum atomic E-state index is 11.2. The maximum Gasteiger partial charge on any atom is 0.284 e. The van der Waals surface area contributed by atoms with Crippen molar-refractivity contribution in [3.63, 3.8) is 0 Å². The smallest absolute Gasteiger partial charge is 0.284 e. The average Bonchev–Trinajstić information content (AvgIpc) is 2.55. The van der Waals surface area contributed by atoms with Crippen molar-refractivity contribution < 1.29 is 19.5 Å². The zero-order valence-electron chi connectivity index (χ0n) is 12.0. The molecule has 0 aromatic heterocycles. The molecule has 2 N–H and O–H groups in total. The van der Waals surface area contributed by atoms with E-state index in [0.717, 1.165) is 11.3 Å². The summed E-state index contributed by atoms with van der Waals surface area (Å²) in [7, 11) is 0. The number of halogens is 1. The van der Waals surface area contributed by atoms with Gasteiger partial charge < -0.3 is 9.47 Å². The number of amides is 1. The molecule has 2 rings (SSSR count). The van der Waals surface area contributed by atoms with E-state index in [2.05, 4.69) is 0 Å².